The number of benzene rings is 2. The molecule has 0 aromatic heterocycles. The topological polar surface area (TPSA) is 63.2 Å². The normalized spacial score (nSPS) is 35.1. The Hall–Kier alpha value is -2.25. The van der Waals surface area contributed by atoms with Crippen molar-refractivity contribution in [2.24, 2.45) is 0 Å². The number of ether oxygens (including phenoxy) is 5. The minimum Gasteiger partial charge on any atom is -0.453 e. The predicted octanol–water partition coefficient (Wildman–Crippen LogP) is 2.45. The monoisotopic (exact) mass is 354 g/mol. The summed E-state index contributed by atoms with van der Waals surface area (Å²) in [5, 5.41) is 0. The van der Waals surface area contributed by atoms with E-state index in [1.807, 2.05) is 36.4 Å². The Morgan fingerprint density at radius 1 is 0.885 bits per heavy atom. The van der Waals surface area contributed by atoms with E-state index >= 15 is 0 Å². The first-order valence-corrected chi connectivity index (χ1v) is 8.68. The standard InChI is InChI=1S/C20H18O6/c21-18(12-7-3-1-4-8-12)24-15-14-11-22-20(23-14)17-16(15)25-19(26-17)13-9-5-2-6-10-13/h1-10,14-17,19-20H,11H2. The van der Waals surface area contributed by atoms with Crippen molar-refractivity contribution in [1.29, 1.82) is 0 Å². The highest BCUT2D eigenvalue weighted by Gasteiger charge is 2.58. The van der Waals surface area contributed by atoms with Crippen molar-refractivity contribution in [3.05, 3.63) is 71.8 Å². The minimum atomic E-state index is -0.583. The molecule has 0 saturated carbocycles. The Morgan fingerprint density at radius 2 is 1.58 bits per heavy atom. The van der Waals surface area contributed by atoms with Gasteiger partial charge in [0, 0.05) is 5.56 Å². The van der Waals surface area contributed by atoms with E-state index in [0.717, 1.165) is 5.56 Å². The van der Waals surface area contributed by atoms with Crippen LogP contribution in [0.2, 0.25) is 0 Å². The first kappa shape index (κ1) is 16.0. The van der Waals surface area contributed by atoms with E-state index in [2.05, 4.69) is 0 Å². The van der Waals surface area contributed by atoms with Crippen LogP contribution in [-0.4, -0.2) is 43.3 Å². The van der Waals surface area contributed by atoms with E-state index in [1.165, 1.54) is 0 Å². The van der Waals surface area contributed by atoms with E-state index in [4.69, 9.17) is 23.7 Å². The summed E-state index contributed by atoms with van der Waals surface area (Å²) in [4.78, 5) is 12.5. The lowest BCUT2D eigenvalue weighted by atomic mass is 10.0. The van der Waals surface area contributed by atoms with Crippen molar-refractivity contribution in [2.45, 2.75) is 37.0 Å². The fourth-order valence-corrected chi connectivity index (χ4v) is 3.63. The van der Waals surface area contributed by atoms with Gasteiger partial charge in [0.2, 0.25) is 0 Å². The summed E-state index contributed by atoms with van der Waals surface area (Å²) in [5.74, 6) is -0.407. The van der Waals surface area contributed by atoms with Gasteiger partial charge in [-0.1, -0.05) is 48.5 Å². The largest absolute Gasteiger partial charge is 0.453 e. The Kier molecular flexibility index (Phi) is 3.98. The van der Waals surface area contributed by atoms with Crippen molar-refractivity contribution >= 4 is 5.97 Å². The number of hydrogen-bond donors (Lipinski definition) is 0. The summed E-state index contributed by atoms with van der Waals surface area (Å²) < 4.78 is 29.4. The van der Waals surface area contributed by atoms with Gasteiger partial charge < -0.3 is 23.7 Å². The first-order valence-electron chi connectivity index (χ1n) is 8.68. The number of carbonyl (C=O) groups excluding carboxylic acids is 1. The average molecular weight is 354 g/mol. The molecule has 5 rings (SSSR count). The molecule has 2 bridgehead atoms. The van der Waals surface area contributed by atoms with Crippen molar-refractivity contribution < 1.29 is 28.5 Å². The van der Waals surface area contributed by atoms with Gasteiger partial charge in [0.1, 0.15) is 18.3 Å². The number of rotatable bonds is 3. The SMILES string of the molecule is O=C(OC1C2COC(O2)C2OC(c3ccccc3)OC12)c1ccccc1. The molecule has 0 spiro atoms. The van der Waals surface area contributed by atoms with Crippen LogP contribution in [0.3, 0.4) is 0 Å². The van der Waals surface area contributed by atoms with Crippen LogP contribution in [-0.2, 0) is 23.7 Å². The smallest absolute Gasteiger partial charge is 0.338 e. The molecule has 6 heteroatoms. The Labute approximate surface area is 150 Å². The van der Waals surface area contributed by atoms with Crippen LogP contribution in [0.4, 0.5) is 0 Å². The van der Waals surface area contributed by atoms with Gasteiger partial charge >= 0.3 is 5.97 Å². The molecule has 2 aromatic rings. The van der Waals surface area contributed by atoms with E-state index in [1.54, 1.807) is 24.3 Å². The number of carbonyl (C=O) groups is 1. The lowest BCUT2D eigenvalue weighted by Gasteiger charge is -2.34. The molecule has 3 fully saturated rings. The van der Waals surface area contributed by atoms with Crippen molar-refractivity contribution in [1.82, 2.24) is 0 Å². The summed E-state index contributed by atoms with van der Waals surface area (Å²) in [6, 6.07) is 18.5. The van der Waals surface area contributed by atoms with Crippen LogP contribution >= 0.6 is 0 Å². The fourth-order valence-electron chi connectivity index (χ4n) is 3.63. The molecule has 2 aromatic carbocycles. The van der Waals surface area contributed by atoms with Crippen LogP contribution in [0.15, 0.2) is 60.7 Å². The second kappa shape index (κ2) is 6.48. The summed E-state index contributed by atoms with van der Waals surface area (Å²) >= 11 is 0. The summed E-state index contributed by atoms with van der Waals surface area (Å²) in [6.45, 7) is 0.354. The zero-order chi connectivity index (χ0) is 17.5. The zero-order valence-electron chi connectivity index (χ0n) is 13.9. The van der Waals surface area contributed by atoms with Gasteiger partial charge in [-0.3, -0.25) is 0 Å². The van der Waals surface area contributed by atoms with Gasteiger partial charge in [-0.05, 0) is 12.1 Å². The number of fused-ring (bicyclic) bond motifs is 4. The van der Waals surface area contributed by atoms with E-state index in [0.29, 0.717) is 12.2 Å². The molecule has 6 atom stereocenters. The molecule has 3 saturated heterocycles. The highest BCUT2D eigenvalue weighted by molar-refractivity contribution is 5.89. The van der Waals surface area contributed by atoms with Gasteiger partial charge in [-0.25, -0.2) is 4.79 Å². The molecule has 3 aliphatic heterocycles. The summed E-state index contributed by atoms with van der Waals surface area (Å²) in [5.41, 5.74) is 1.40. The minimum absolute atomic E-state index is 0.354. The third-order valence-corrected chi connectivity index (χ3v) is 4.90. The van der Waals surface area contributed by atoms with Gasteiger partial charge in [-0.15, -0.1) is 0 Å². The maximum Gasteiger partial charge on any atom is 0.338 e. The molecule has 3 aliphatic rings. The molecule has 0 N–H and O–H groups in total. The second-order valence-corrected chi connectivity index (χ2v) is 6.56. The molecule has 6 unspecified atom stereocenters. The Bertz CT molecular complexity index is 779. The van der Waals surface area contributed by atoms with Crippen LogP contribution in [0.5, 0.6) is 0 Å². The average Bonchev–Trinajstić information content (AvgIpc) is 3.33. The first-order chi connectivity index (χ1) is 12.8. The van der Waals surface area contributed by atoms with Gasteiger partial charge in [-0.2, -0.15) is 0 Å². The maximum absolute atomic E-state index is 12.5. The lowest BCUT2D eigenvalue weighted by molar-refractivity contribution is -0.195. The third kappa shape index (κ3) is 2.71. The molecule has 26 heavy (non-hydrogen) atoms. The Balaban J connectivity index is 1.38. The number of esters is 1. The van der Waals surface area contributed by atoms with Gasteiger partial charge in [0.15, 0.2) is 18.7 Å². The summed E-state index contributed by atoms with van der Waals surface area (Å²) in [7, 11) is 0. The third-order valence-electron chi connectivity index (χ3n) is 4.90. The van der Waals surface area contributed by atoms with Crippen molar-refractivity contribution in [3.63, 3.8) is 0 Å². The van der Waals surface area contributed by atoms with Crippen molar-refractivity contribution in [2.75, 3.05) is 6.61 Å². The highest BCUT2D eigenvalue weighted by atomic mass is 16.8. The van der Waals surface area contributed by atoms with Crippen LogP contribution in [0.25, 0.3) is 0 Å². The fraction of sp³-hybridized carbons (Fsp3) is 0.350. The van der Waals surface area contributed by atoms with E-state index in [9.17, 15) is 4.79 Å². The van der Waals surface area contributed by atoms with Crippen LogP contribution in [0, 0.1) is 0 Å². The van der Waals surface area contributed by atoms with Gasteiger partial charge in [0.05, 0.1) is 12.2 Å². The highest BCUT2D eigenvalue weighted by Crippen LogP contribution is 2.42. The number of hydrogen-bond acceptors (Lipinski definition) is 6. The molecule has 3 heterocycles. The molecular weight excluding hydrogens is 336 g/mol. The molecule has 0 aliphatic carbocycles. The van der Waals surface area contributed by atoms with Crippen LogP contribution in [0.1, 0.15) is 22.2 Å². The summed E-state index contributed by atoms with van der Waals surface area (Å²) in [6.07, 6.45) is -2.83. The van der Waals surface area contributed by atoms with Crippen molar-refractivity contribution in [3.8, 4) is 0 Å². The molecule has 6 nitrogen and oxygen atoms in total. The predicted molar refractivity (Wildman–Crippen MR) is 89.2 cm³/mol. The Morgan fingerprint density at radius 3 is 2.35 bits per heavy atom. The molecule has 0 amide bonds. The molecular formula is C20H18O6. The van der Waals surface area contributed by atoms with Crippen LogP contribution < -0.4 is 0 Å². The molecule has 0 radical (unpaired) electrons. The molecule has 134 valence electrons. The maximum atomic E-state index is 12.5. The van der Waals surface area contributed by atoms with E-state index < -0.39 is 36.9 Å². The van der Waals surface area contributed by atoms with Gasteiger partial charge in [0.25, 0.3) is 0 Å². The lowest BCUT2D eigenvalue weighted by Crippen LogP contribution is -2.54. The second-order valence-electron chi connectivity index (χ2n) is 6.56. The van der Waals surface area contributed by atoms with E-state index in [-0.39, 0.29) is 6.10 Å². The zero-order valence-corrected chi connectivity index (χ0v) is 13.9. The quantitative estimate of drug-likeness (QED) is 0.789.